The fraction of sp³-hybridized carbons (Fsp3) is 0.895. The summed E-state index contributed by atoms with van der Waals surface area (Å²) >= 11 is 0. The first-order valence-electron chi connectivity index (χ1n) is 10.0. The lowest BCUT2D eigenvalue weighted by atomic mass is 9.89. The summed E-state index contributed by atoms with van der Waals surface area (Å²) in [6, 6.07) is 0. The lowest BCUT2D eigenvalue weighted by molar-refractivity contribution is -0.125. The van der Waals surface area contributed by atoms with Crippen LogP contribution in [0.2, 0.25) is 0 Å². The van der Waals surface area contributed by atoms with Crippen molar-refractivity contribution in [3.05, 3.63) is 0 Å². The standard InChI is InChI=1S/C19H38N4O2.HI/c1-4-20-19(22-11-8-14-25-15-16(2)3)23-13-12-21-18(24)17-9-6-5-7-10-17;/h16-17H,4-15H2,1-3H3,(H,21,24)(H2,20,22,23);1H. The zero-order valence-electron chi connectivity index (χ0n) is 16.8. The molecule has 0 heterocycles. The van der Waals surface area contributed by atoms with Crippen molar-refractivity contribution in [1.29, 1.82) is 0 Å². The summed E-state index contributed by atoms with van der Waals surface area (Å²) in [4.78, 5) is 16.6. The van der Waals surface area contributed by atoms with Crippen molar-refractivity contribution in [2.75, 3.05) is 39.4 Å². The van der Waals surface area contributed by atoms with Crippen LogP contribution in [0.5, 0.6) is 0 Å². The molecule has 0 atom stereocenters. The molecule has 0 radical (unpaired) electrons. The van der Waals surface area contributed by atoms with Crippen LogP contribution in [0.3, 0.4) is 0 Å². The highest BCUT2D eigenvalue weighted by Crippen LogP contribution is 2.23. The molecule has 6 nitrogen and oxygen atoms in total. The highest BCUT2D eigenvalue weighted by molar-refractivity contribution is 14.0. The smallest absolute Gasteiger partial charge is 0.223 e. The van der Waals surface area contributed by atoms with Crippen LogP contribution in [0.25, 0.3) is 0 Å². The molecule has 0 aromatic heterocycles. The second-order valence-electron chi connectivity index (χ2n) is 7.14. The Labute approximate surface area is 176 Å². The van der Waals surface area contributed by atoms with Gasteiger partial charge in [0.25, 0.3) is 0 Å². The fourth-order valence-electron chi connectivity index (χ4n) is 2.89. The molecule has 1 aliphatic rings. The minimum Gasteiger partial charge on any atom is -0.381 e. The number of carbonyl (C=O) groups excluding carboxylic acids is 1. The molecule has 0 spiro atoms. The number of amides is 1. The van der Waals surface area contributed by atoms with Gasteiger partial charge in [0.15, 0.2) is 5.96 Å². The number of nitrogens with one attached hydrogen (secondary N) is 3. The zero-order chi connectivity index (χ0) is 18.3. The van der Waals surface area contributed by atoms with Gasteiger partial charge in [-0.15, -0.1) is 24.0 Å². The number of nitrogens with zero attached hydrogens (tertiary/aromatic N) is 1. The maximum absolute atomic E-state index is 12.1. The molecule has 0 aromatic rings. The van der Waals surface area contributed by atoms with Crippen LogP contribution in [0.1, 0.15) is 59.3 Å². The predicted octanol–water partition coefficient (Wildman–Crippen LogP) is 2.92. The van der Waals surface area contributed by atoms with Crippen LogP contribution in [0, 0.1) is 11.8 Å². The first-order valence-corrected chi connectivity index (χ1v) is 10.0. The van der Waals surface area contributed by atoms with Gasteiger partial charge in [-0.2, -0.15) is 0 Å². The molecule has 0 unspecified atom stereocenters. The van der Waals surface area contributed by atoms with Crippen LogP contribution >= 0.6 is 24.0 Å². The normalized spacial score (nSPS) is 15.5. The Hall–Kier alpha value is -0.570. The van der Waals surface area contributed by atoms with E-state index in [4.69, 9.17) is 4.74 Å². The molecule has 1 saturated carbocycles. The Morgan fingerprint density at radius 1 is 1.12 bits per heavy atom. The summed E-state index contributed by atoms with van der Waals surface area (Å²) in [5, 5.41) is 9.54. The van der Waals surface area contributed by atoms with Gasteiger partial charge in [-0.3, -0.25) is 9.79 Å². The fourth-order valence-corrected chi connectivity index (χ4v) is 2.89. The van der Waals surface area contributed by atoms with E-state index >= 15 is 0 Å². The van der Waals surface area contributed by atoms with Crippen molar-refractivity contribution in [2.45, 2.75) is 59.3 Å². The summed E-state index contributed by atoms with van der Waals surface area (Å²) in [6.07, 6.45) is 6.66. The number of guanidine groups is 1. The third kappa shape index (κ3) is 12.7. The molecule has 26 heavy (non-hydrogen) atoms. The lowest BCUT2D eigenvalue weighted by Crippen LogP contribution is -2.42. The molecule has 154 valence electrons. The average Bonchev–Trinajstić information content (AvgIpc) is 2.61. The van der Waals surface area contributed by atoms with Crippen molar-refractivity contribution in [3.63, 3.8) is 0 Å². The average molecular weight is 482 g/mol. The summed E-state index contributed by atoms with van der Waals surface area (Å²) in [5.41, 5.74) is 0. The van der Waals surface area contributed by atoms with E-state index in [-0.39, 0.29) is 35.8 Å². The Bertz CT molecular complexity index is 386. The van der Waals surface area contributed by atoms with Gasteiger partial charge < -0.3 is 20.7 Å². The van der Waals surface area contributed by atoms with E-state index in [0.29, 0.717) is 19.0 Å². The molecule has 7 heteroatoms. The first kappa shape index (κ1) is 25.4. The molecule has 0 saturated heterocycles. The Kier molecular flexibility index (Phi) is 16.2. The van der Waals surface area contributed by atoms with Crippen LogP contribution in [0.15, 0.2) is 4.99 Å². The van der Waals surface area contributed by atoms with E-state index in [9.17, 15) is 4.79 Å². The summed E-state index contributed by atoms with van der Waals surface area (Å²) < 4.78 is 5.56. The minimum atomic E-state index is 0. The van der Waals surface area contributed by atoms with Gasteiger partial charge in [0.1, 0.15) is 0 Å². The number of rotatable bonds is 11. The van der Waals surface area contributed by atoms with Crippen molar-refractivity contribution in [1.82, 2.24) is 16.0 Å². The quantitative estimate of drug-likeness (QED) is 0.183. The van der Waals surface area contributed by atoms with E-state index in [1.54, 1.807) is 0 Å². The maximum atomic E-state index is 12.1. The zero-order valence-corrected chi connectivity index (χ0v) is 19.1. The molecule has 0 aliphatic heterocycles. The van der Waals surface area contributed by atoms with Gasteiger partial charge >= 0.3 is 0 Å². The number of halogens is 1. The van der Waals surface area contributed by atoms with Crippen LogP contribution in [0.4, 0.5) is 0 Å². The first-order chi connectivity index (χ1) is 12.1. The summed E-state index contributed by atoms with van der Waals surface area (Å²) in [5.74, 6) is 1.82. The third-order valence-corrected chi connectivity index (χ3v) is 4.20. The lowest BCUT2D eigenvalue weighted by Gasteiger charge is -2.21. The molecule has 1 fully saturated rings. The van der Waals surface area contributed by atoms with Gasteiger partial charge in [-0.05, 0) is 32.1 Å². The topological polar surface area (TPSA) is 74.8 Å². The highest BCUT2D eigenvalue weighted by Gasteiger charge is 2.20. The largest absolute Gasteiger partial charge is 0.381 e. The van der Waals surface area contributed by atoms with Crippen LogP contribution in [-0.2, 0) is 9.53 Å². The predicted molar refractivity (Wildman–Crippen MR) is 119 cm³/mol. The van der Waals surface area contributed by atoms with Gasteiger partial charge in [0, 0.05) is 45.3 Å². The SMILES string of the molecule is CCNC(=NCCCOCC(C)C)NCCNC(=O)C1CCCCC1.I. The van der Waals surface area contributed by atoms with Crippen molar-refractivity contribution in [2.24, 2.45) is 16.8 Å². The Morgan fingerprint density at radius 2 is 1.81 bits per heavy atom. The number of aliphatic imine (C=N–C) groups is 1. The van der Waals surface area contributed by atoms with E-state index in [0.717, 1.165) is 51.5 Å². The van der Waals surface area contributed by atoms with Crippen LogP contribution < -0.4 is 16.0 Å². The molecule has 3 N–H and O–H groups in total. The van der Waals surface area contributed by atoms with Gasteiger partial charge in [0.05, 0.1) is 0 Å². The molecule has 0 aromatic carbocycles. The van der Waals surface area contributed by atoms with Gasteiger partial charge in [0.2, 0.25) is 5.91 Å². The molecule has 1 amide bonds. The van der Waals surface area contributed by atoms with Crippen molar-refractivity contribution >= 4 is 35.8 Å². The van der Waals surface area contributed by atoms with E-state index in [1.807, 2.05) is 6.92 Å². The summed E-state index contributed by atoms with van der Waals surface area (Å²) in [7, 11) is 0. The Balaban J connectivity index is 0.00000625. The van der Waals surface area contributed by atoms with Crippen molar-refractivity contribution < 1.29 is 9.53 Å². The second kappa shape index (κ2) is 16.6. The molecular weight excluding hydrogens is 443 g/mol. The minimum absolute atomic E-state index is 0. The third-order valence-electron chi connectivity index (χ3n) is 4.20. The van der Waals surface area contributed by atoms with Gasteiger partial charge in [-0.25, -0.2) is 0 Å². The number of carbonyl (C=O) groups is 1. The molecule has 1 rings (SSSR count). The van der Waals surface area contributed by atoms with E-state index < -0.39 is 0 Å². The molecule has 1 aliphatic carbocycles. The number of hydrogen-bond acceptors (Lipinski definition) is 3. The van der Waals surface area contributed by atoms with E-state index in [1.165, 1.54) is 19.3 Å². The second-order valence-corrected chi connectivity index (χ2v) is 7.14. The maximum Gasteiger partial charge on any atom is 0.223 e. The summed E-state index contributed by atoms with van der Waals surface area (Å²) in [6.45, 7) is 10.8. The van der Waals surface area contributed by atoms with Crippen molar-refractivity contribution in [3.8, 4) is 0 Å². The highest BCUT2D eigenvalue weighted by atomic mass is 127. The van der Waals surface area contributed by atoms with Gasteiger partial charge in [-0.1, -0.05) is 33.1 Å². The van der Waals surface area contributed by atoms with Crippen LogP contribution in [-0.4, -0.2) is 51.3 Å². The molecular formula is C19H39IN4O2. The van der Waals surface area contributed by atoms with E-state index in [2.05, 4.69) is 34.8 Å². The molecule has 0 bridgehead atoms. The monoisotopic (exact) mass is 482 g/mol. The Morgan fingerprint density at radius 3 is 2.46 bits per heavy atom. The number of ether oxygens (including phenoxy) is 1. The number of hydrogen-bond donors (Lipinski definition) is 3.